The lowest BCUT2D eigenvalue weighted by atomic mass is 10.3. The molecule has 0 amide bonds. The molecule has 0 bridgehead atoms. The number of hydrogen-bond acceptors (Lipinski definition) is 6. The van der Waals surface area contributed by atoms with Crippen molar-refractivity contribution in [3.05, 3.63) is 12.1 Å². The predicted octanol–water partition coefficient (Wildman–Crippen LogP) is 0.692. The zero-order valence-corrected chi connectivity index (χ0v) is 10.6. The Morgan fingerprint density at radius 3 is 1.94 bits per heavy atom. The van der Waals surface area contributed by atoms with Crippen molar-refractivity contribution in [1.29, 1.82) is 0 Å². The van der Waals surface area contributed by atoms with Gasteiger partial charge in [-0.2, -0.15) is 0 Å². The molecular weight excluding hydrogens is 303 g/mol. The van der Waals surface area contributed by atoms with Gasteiger partial charge in [-0.3, -0.25) is 0 Å². The highest BCUT2D eigenvalue weighted by Gasteiger charge is 2.17. The van der Waals surface area contributed by atoms with Crippen LogP contribution >= 0.6 is 23.7 Å². The smallest absolute Gasteiger partial charge is 0.208 e. The van der Waals surface area contributed by atoms with Crippen LogP contribution in [-0.2, 0) is 21.4 Å². The molecule has 10 heteroatoms. The Hall–Kier alpha value is -0.700. The molecule has 0 spiro atoms. The molecule has 1 rings (SSSR count). The Labute approximate surface area is 104 Å². The molecular formula is C6H4Cl2O6S2. The standard InChI is InChI=1S/C6H4Cl2O6S2/c7-13-4-1-3(15(9)10)2-5(16(11)12)6(4)14-8/h1-2,15-16H. The quantitative estimate of drug-likeness (QED) is 0.796. The fourth-order valence-electron chi connectivity index (χ4n) is 0.949. The molecule has 0 saturated carbocycles. The summed E-state index contributed by atoms with van der Waals surface area (Å²) in [6.07, 6.45) is 0. The summed E-state index contributed by atoms with van der Waals surface area (Å²) in [4.78, 5) is -0.713. The van der Waals surface area contributed by atoms with E-state index in [2.05, 4.69) is 8.58 Å². The molecule has 0 aliphatic heterocycles. The summed E-state index contributed by atoms with van der Waals surface area (Å²) in [6, 6.07) is 1.87. The van der Waals surface area contributed by atoms with Gasteiger partial charge in [0.1, 0.15) is 28.6 Å². The first kappa shape index (κ1) is 13.4. The Morgan fingerprint density at radius 2 is 1.56 bits per heavy atom. The van der Waals surface area contributed by atoms with Crippen molar-refractivity contribution < 1.29 is 25.4 Å². The molecule has 6 nitrogen and oxygen atoms in total. The number of rotatable bonds is 4. The van der Waals surface area contributed by atoms with Gasteiger partial charge < -0.3 is 8.58 Å². The van der Waals surface area contributed by atoms with Crippen molar-refractivity contribution in [2.75, 3.05) is 0 Å². The van der Waals surface area contributed by atoms with Gasteiger partial charge in [0.15, 0.2) is 27.2 Å². The summed E-state index contributed by atoms with van der Waals surface area (Å²) < 4.78 is 51.6. The number of benzene rings is 1. The van der Waals surface area contributed by atoms with Crippen LogP contribution in [0.5, 0.6) is 11.5 Å². The van der Waals surface area contributed by atoms with Crippen molar-refractivity contribution in [2.24, 2.45) is 0 Å². The first-order valence-corrected chi connectivity index (χ1v) is 6.52. The first-order chi connectivity index (χ1) is 7.51. The lowest BCUT2D eigenvalue weighted by molar-refractivity contribution is 0.525. The highest BCUT2D eigenvalue weighted by atomic mass is 35.5. The Balaban J connectivity index is 3.62. The zero-order valence-electron chi connectivity index (χ0n) is 7.25. The zero-order chi connectivity index (χ0) is 12.3. The summed E-state index contributed by atoms with van der Waals surface area (Å²) in [6.45, 7) is 0. The van der Waals surface area contributed by atoms with Crippen molar-refractivity contribution >= 4 is 45.1 Å². The summed E-state index contributed by atoms with van der Waals surface area (Å²) in [5, 5.41) is 0. The molecule has 0 heterocycles. The van der Waals surface area contributed by atoms with Crippen molar-refractivity contribution in [3.8, 4) is 11.5 Å². The molecule has 0 aromatic heterocycles. The highest BCUT2D eigenvalue weighted by molar-refractivity contribution is 7.73. The minimum absolute atomic E-state index is 0.280. The fraction of sp³-hybridized carbons (Fsp3) is 0. The van der Waals surface area contributed by atoms with Crippen LogP contribution in [0.25, 0.3) is 0 Å². The van der Waals surface area contributed by atoms with Crippen molar-refractivity contribution in [3.63, 3.8) is 0 Å². The van der Waals surface area contributed by atoms with E-state index in [4.69, 9.17) is 23.7 Å². The molecule has 0 aliphatic rings. The largest absolute Gasteiger partial charge is 0.381 e. The van der Waals surface area contributed by atoms with Crippen LogP contribution in [-0.4, -0.2) is 16.8 Å². The van der Waals surface area contributed by atoms with Crippen LogP contribution < -0.4 is 8.58 Å². The second-order valence-corrected chi connectivity index (χ2v) is 4.80. The summed E-state index contributed by atoms with van der Waals surface area (Å²) in [5.41, 5.74) is 0. The maximum atomic E-state index is 10.8. The van der Waals surface area contributed by atoms with E-state index in [1.54, 1.807) is 0 Å². The summed E-state index contributed by atoms with van der Waals surface area (Å²) >= 11 is 10.1. The second kappa shape index (κ2) is 5.58. The van der Waals surface area contributed by atoms with Crippen LogP contribution in [0.15, 0.2) is 21.9 Å². The van der Waals surface area contributed by atoms with Gasteiger partial charge in [-0.05, 0) is 6.07 Å². The van der Waals surface area contributed by atoms with E-state index in [1.807, 2.05) is 0 Å². The molecule has 0 atom stereocenters. The molecule has 0 radical (unpaired) electrons. The summed E-state index contributed by atoms with van der Waals surface area (Å²) in [5.74, 6) is -0.670. The molecule has 0 fully saturated rings. The topological polar surface area (TPSA) is 86.7 Å². The van der Waals surface area contributed by atoms with Gasteiger partial charge in [-0.25, -0.2) is 16.8 Å². The average Bonchev–Trinajstić information content (AvgIpc) is 2.26. The lowest BCUT2D eigenvalue weighted by Crippen LogP contribution is -1.93. The Morgan fingerprint density at radius 1 is 0.938 bits per heavy atom. The molecule has 16 heavy (non-hydrogen) atoms. The third-order valence-electron chi connectivity index (χ3n) is 1.59. The molecule has 90 valence electrons. The minimum atomic E-state index is -3.10. The Kier molecular flexibility index (Phi) is 4.66. The van der Waals surface area contributed by atoms with E-state index in [1.165, 1.54) is 0 Å². The van der Waals surface area contributed by atoms with Crippen molar-refractivity contribution in [1.82, 2.24) is 0 Å². The average molecular weight is 307 g/mol. The molecule has 1 aromatic carbocycles. The van der Waals surface area contributed by atoms with E-state index in [-0.39, 0.29) is 16.4 Å². The normalized spacial score (nSPS) is 10.8. The van der Waals surface area contributed by atoms with Gasteiger partial charge in [0.05, 0.1) is 4.90 Å². The molecule has 0 N–H and O–H groups in total. The third-order valence-corrected chi connectivity index (χ3v) is 3.31. The second-order valence-electron chi connectivity index (χ2n) is 2.46. The maximum Gasteiger partial charge on any atom is 0.208 e. The monoisotopic (exact) mass is 306 g/mol. The molecule has 0 aliphatic carbocycles. The maximum absolute atomic E-state index is 10.8. The number of halogens is 2. The van der Waals surface area contributed by atoms with Gasteiger partial charge in [0.2, 0.25) is 5.75 Å². The van der Waals surface area contributed by atoms with Gasteiger partial charge in [0, 0.05) is 6.07 Å². The minimum Gasteiger partial charge on any atom is -0.381 e. The number of thiol groups is 2. The van der Waals surface area contributed by atoms with Gasteiger partial charge in [-0.15, -0.1) is 0 Å². The van der Waals surface area contributed by atoms with Crippen LogP contribution in [0.2, 0.25) is 0 Å². The lowest BCUT2D eigenvalue weighted by Gasteiger charge is -2.05. The molecule has 1 aromatic rings. The van der Waals surface area contributed by atoms with E-state index in [0.717, 1.165) is 12.1 Å². The van der Waals surface area contributed by atoms with Gasteiger partial charge in [-0.1, -0.05) is 0 Å². The Bertz CT molecular complexity index is 534. The van der Waals surface area contributed by atoms with Crippen molar-refractivity contribution in [2.45, 2.75) is 9.79 Å². The first-order valence-electron chi connectivity index (χ1n) is 3.55. The summed E-state index contributed by atoms with van der Waals surface area (Å²) in [7, 11) is -6.08. The highest BCUT2D eigenvalue weighted by Crippen LogP contribution is 2.35. The molecule has 0 saturated heterocycles. The van der Waals surface area contributed by atoms with Gasteiger partial charge >= 0.3 is 0 Å². The van der Waals surface area contributed by atoms with Crippen LogP contribution in [0.4, 0.5) is 0 Å². The van der Waals surface area contributed by atoms with E-state index >= 15 is 0 Å². The van der Waals surface area contributed by atoms with Crippen LogP contribution in [0, 0.1) is 0 Å². The van der Waals surface area contributed by atoms with E-state index in [0.29, 0.717) is 0 Å². The van der Waals surface area contributed by atoms with Crippen LogP contribution in [0.1, 0.15) is 0 Å². The third kappa shape index (κ3) is 2.70. The number of hydrogen-bond donors (Lipinski definition) is 2. The molecule has 0 unspecified atom stereocenters. The van der Waals surface area contributed by atoms with E-state index < -0.39 is 26.3 Å². The van der Waals surface area contributed by atoms with E-state index in [9.17, 15) is 16.8 Å². The van der Waals surface area contributed by atoms with Gasteiger partial charge in [0.25, 0.3) is 0 Å². The van der Waals surface area contributed by atoms with Crippen LogP contribution in [0.3, 0.4) is 0 Å². The SMILES string of the molecule is O=[SH](=O)c1cc(OCl)c(OCl)c([SH](=O)=O)c1. The predicted molar refractivity (Wildman–Crippen MR) is 56.6 cm³/mol. The fourth-order valence-corrected chi connectivity index (χ4v) is 2.40.